The predicted octanol–water partition coefficient (Wildman–Crippen LogP) is 4.12. The smallest absolute Gasteiger partial charge is 0.0736 e. The molecule has 1 N–H and O–H groups in total. The molecule has 2 unspecified atom stereocenters. The Labute approximate surface area is 121 Å². The van der Waals surface area contributed by atoms with Gasteiger partial charge >= 0.3 is 0 Å². The van der Waals surface area contributed by atoms with Gasteiger partial charge in [-0.25, -0.2) is 0 Å². The monoisotopic (exact) mass is 268 g/mol. The van der Waals surface area contributed by atoms with Crippen LogP contribution in [0.4, 0.5) is 0 Å². The van der Waals surface area contributed by atoms with Crippen LogP contribution in [0.1, 0.15) is 44.6 Å². The molecule has 106 valence electrons. The Morgan fingerprint density at radius 1 is 1.20 bits per heavy atom. The van der Waals surface area contributed by atoms with Crippen LogP contribution in [0.2, 0.25) is 0 Å². The third-order valence-electron chi connectivity index (χ3n) is 4.51. The fourth-order valence-corrected chi connectivity index (χ4v) is 3.50. The zero-order chi connectivity index (χ0) is 13.9. The fourth-order valence-electron chi connectivity index (χ4n) is 3.50. The summed E-state index contributed by atoms with van der Waals surface area (Å²) in [5, 5.41) is 4.89. The molecule has 2 nitrogen and oxygen atoms in total. The van der Waals surface area contributed by atoms with Crippen molar-refractivity contribution in [3.05, 3.63) is 42.1 Å². The van der Waals surface area contributed by atoms with Crippen molar-refractivity contribution < 1.29 is 0 Å². The first-order valence-corrected chi connectivity index (χ1v) is 7.82. The molecule has 1 aromatic carbocycles. The van der Waals surface area contributed by atoms with Gasteiger partial charge in [0.05, 0.1) is 5.52 Å². The second kappa shape index (κ2) is 5.92. The third kappa shape index (κ3) is 2.71. The van der Waals surface area contributed by atoms with Crippen molar-refractivity contribution in [1.29, 1.82) is 0 Å². The first-order chi connectivity index (χ1) is 9.75. The highest BCUT2D eigenvalue weighted by molar-refractivity contribution is 5.82. The number of benzene rings is 1. The molecule has 0 saturated heterocycles. The number of aromatic nitrogens is 1. The molecule has 2 aromatic rings. The zero-order valence-electron chi connectivity index (χ0n) is 12.5. The van der Waals surface area contributed by atoms with Gasteiger partial charge in [-0.2, -0.15) is 0 Å². The molecule has 1 aliphatic rings. The van der Waals surface area contributed by atoms with E-state index in [0.717, 1.165) is 12.5 Å². The summed E-state index contributed by atoms with van der Waals surface area (Å²) in [6.07, 6.45) is 5.91. The highest BCUT2D eigenvalue weighted by Crippen LogP contribution is 2.41. The van der Waals surface area contributed by atoms with Crippen LogP contribution in [0.5, 0.6) is 0 Å². The Bertz CT molecular complexity index is 571. The van der Waals surface area contributed by atoms with Crippen LogP contribution in [0.25, 0.3) is 10.9 Å². The summed E-state index contributed by atoms with van der Waals surface area (Å²) in [6.45, 7) is 5.58. The van der Waals surface area contributed by atoms with Gasteiger partial charge in [-0.3, -0.25) is 4.98 Å². The Balaban J connectivity index is 1.89. The van der Waals surface area contributed by atoms with E-state index in [1.807, 2.05) is 12.3 Å². The van der Waals surface area contributed by atoms with Crippen molar-refractivity contribution in [3.63, 3.8) is 0 Å². The van der Waals surface area contributed by atoms with Crippen molar-refractivity contribution in [3.8, 4) is 0 Å². The molecule has 2 atom stereocenters. The van der Waals surface area contributed by atoms with Crippen LogP contribution in [0.15, 0.2) is 36.5 Å². The van der Waals surface area contributed by atoms with Crippen molar-refractivity contribution >= 4 is 10.9 Å². The van der Waals surface area contributed by atoms with Gasteiger partial charge in [-0.1, -0.05) is 44.5 Å². The lowest BCUT2D eigenvalue weighted by atomic mass is 9.87. The summed E-state index contributed by atoms with van der Waals surface area (Å²) < 4.78 is 0. The van der Waals surface area contributed by atoms with E-state index in [4.69, 9.17) is 0 Å². The summed E-state index contributed by atoms with van der Waals surface area (Å²) in [5.41, 5.74) is 2.66. The maximum Gasteiger partial charge on any atom is 0.0736 e. The molecule has 3 rings (SSSR count). The molecule has 0 radical (unpaired) electrons. The summed E-state index contributed by atoms with van der Waals surface area (Å²) in [5.74, 6) is 1.42. The SMILES string of the molecule is CC(C)NCC1CCCC1c1cccc2cccnc12. The normalized spacial score (nSPS) is 22.8. The zero-order valence-corrected chi connectivity index (χ0v) is 12.5. The van der Waals surface area contributed by atoms with Gasteiger partial charge in [-0.15, -0.1) is 0 Å². The molecule has 2 heteroatoms. The maximum absolute atomic E-state index is 4.64. The van der Waals surface area contributed by atoms with Crippen molar-refractivity contribution in [2.75, 3.05) is 6.54 Å². The maximum atomic E-state index is 4.64. The van der Waals surface area contributed by atoms with Gasteiger partial charge in [0.2, 0.25) is 0 Å². The van der Waals surface area contributed by atoms with Crippen LogP contribution in [0.3, 0.4) is 0 Å². The summed E-state index contributed by atoms with van der Waals surface area (Å²) >= 11 is 0. The number of nitrogens with zero attached hydrogens (tertiary/aromatic N) is 1. The number of para-hydroxylation sites is 1. The number of hydrogen-bond donors (Lipinski definition) is 1. The minimum Gasteiger partial charge on any atom is -0.314 e. The van der Waals surface area contributed by atoms with E-state index in [1.54, 1.807) is 0 Å². The average molecular weight is 268 g/mol. The van der Waals surface area contributed by atoms with Crippen LogP contribution < -0.4 is 5.32 Å². The molecule has 1 saturated carbocycles. The molecule has 1 fully saturated rings. The molecule has 0 bridgehead atoms. The van der Waals surface area contributed by atoms with E-state index in [2.05, 4.69) is 48.4 Å². The van der Waals surface area contributed by atoms with Crippen LogP contribution in [-0.2, 0) is 0 Å². The van der Waals surface area contributed by atoms with Gasteiger partial charge in [0, 0.05) is 17.6 Å². The molecule has 0 spiro atoms. The van der Waals surface area contributed by atoms with Gasteiger partial charge in [0.15, 0.2) is 0 Å². The van der Waals surface area contributed by atoms with Gasteiger partial charge in [0.1, 0.15) is 0 Å². The Morgan fingerprint density at radius 3 is 2.90 bits per heavy atom. The largest absolute Gasteiger partial charge is 0.314 e. The minimum atomic E-state index is 0.571. The lowest BCUT2D eigenvalue weighted by molar-refractivity contribution is 0.424. The Kier molecular flexibility index (Phi) is 4.02. The molecule has 20 heavy (non-hydrogen) atoms. The predicted molar refractivity (Wildman–Crippen MR) is 85.0 cm³/mol. The molecule has 1 heterocycles. The number of pyridine rings is 1. The topological polar surface area (TPSA) is 24.9 Å². The summed E-state index contributed by atoms with van der Waals surface area (Å²) in [6, 6.07) is 11.4. The fraction of sp³-hybridized carbons (Fsp3) is 0.500. The quantitative estimate of drug-likeness (QED) is 0.902. The van der Waals surface area contributed by atoms with E-state index in [0.29, 0.717) is 12.0 Å². The second-order valence-corrected chi connectivity index (χ2v) is 6.28. The number of fused-ring (bicyclic) bond motifs is 1. The van der Waals surface area contributed by atoms with Crippen LogP contribution in [0, 0.1) is 5.92 Å². The van der Waals surface area contributed by atoms with E-state index in [1.165, 1.54) is 35.7 Å². The van der Waals surface area contributed by atoms with Crippen molar-refractivity contribution in [2.45, 2.75) is 45.1 Å². The minimum absolute atomic E-state index is 0.571. The first kappa shape index (κ1) is 13.6. The molecule has 1 aromatic heterocycles. The van der Waals surface area contributed by atoms with Crippen LogP contribution in [-0.4, -0.2) is 17.6 Å². The van der Waals surface area contributed by atoms with E-state index >= 15 is 0 Å². The molecule has 0 amide bonds. The van der Waals surface area contributed by atoms with Gasteiger partial charge < -0.3 is 5.32 Å². The molecule has 1 aliphatic carbocycles. The van der Waals surface area contributed by atoms with Crippen molar-refractivity contribution in [1.82, 2.24) is 10.3 Å². The first-order valence-electron chi connectivity index (χ1n) is 7.82. The van der Waals surface area contributed by atoms with E-state index in [9.17, 15) is 0 Å². The van der Waals surface area contributed by atoms with E-state index in [-0.39, 0.29) is 0 Å². The second-order valence-electron chi connectivity index (χ2n) is 6.28. The van der Waals surface area contributed by atoms with Gasteiger partial charge in [-0.05, 0) is 42.9 Å². The highest BCUT2D eigenvalue weighted by atomic mass is 14.9. The summed E-state index contributed by atoms with van der Waals surface area (Å²) in [4.78, 5) is 4.64. The number of nitrogens with one attached hydrogen (secondary N) is 1. The molecular formula is C18H24N2. The average Bonchev–Trinajstić information content (AvgIpc) is 2.92. The van der Waals surface area contributed by atoms with Crippen molar-refractivity contribution in [2.24, 2.45) is 5.92 Å². The van der Waals surface area contributed by atoms with E-state index < -0.39 is 0 Å². The van der Waals surface area contributed by atoms with Gasteiger partial charge in [0.25, 0.3) is 0 Å². The molecule has 0 aliphatic heterocycles. The number of rotatable bonds is 4. The van der Waals surface area contributed by atoms with Crippen LogP contribution >= 0.6 is 0 Å². The lowest BCUT2D eigenvalue weighted by Gasteiger charge is -2.22. The standard InChI is InChI=1S/C18H24N2/c1-13(2)20-12-15-7-4-9-16(15)17-10-3-6-14-8-5-11-19-18(14)17/h3,5-6,8,10-11,13,15-16,20H,4,7,9,12H2,1-2H3. The Morgan fingerprint density at radius 2 is 2.05 bits per heavy atom. The molecular weight excluding hydrogens is 244 g/mol. The lowest BCUT2D eigenvalue weighted by Crippen LogP contribution is -2.30. The number of hydrogen-bond acceptors (Lipinski definition) is 2. The highest BCUT2D eigenvalue weighted by Gasteiger charge is 2.29. The third-order valence-corrected chi connectivity index (χ3v) is 4.51. The summed E-state index contributed by atoms with van der Waals surface area (Å²) in [7, 11) is 0. The Hall–Kier alpha value is -1.41.